The van der Waals surface area contributed by atoms with E-state index in [-0.39, 0.29) is 18.7 Å². The van der Waals surface area contributed by atoms with Crippen molar-refractivity contribution < 1.29 is 24.2 Å². The van der Waals surface area contributed by atoms with Crippen molar-refractivity contribution in [1.29, 1.82) is 0 Å². The van der Waals surface area contributed by atoms with Crippen molar-refractivity contribution in [2.45, 2.75) is 26.3 Å². The number of carboxylic acid groups (broad SMARTS) is 1. The fraction of sp³-hybridized carbons (Fsp3) is 0.467. The van der Waals surface area contributed by atoms with Crippen LogP contribution in [0.25, 0.3) is 0 Å². The number of amides is 1. The molecule has 0 saturated heterocycles. The standard InChI is InChI=1S/C15H20FNO4/c1-3-13(9-18)17(8-10(2)15(20)21)14(19)11-4-6-12(16)7-5-11/h4-7,10,13,18H,3,8-9H2,1-2H3,(H,20,21). The molecule has 0 heterocycles. The number of aliphatic carboxylic acids is 1. The van der Waals surface area contributed by atoms with E-state index in [1.807, 2.05) is 0 Å². The van der Waals surface area contributed by atoms with E-state index in [0.717, 1.165) is 0 Å². The van der Waals surface area contributed by atoms with Gasteiger partial charge in [-0.15, -0.1) is 0 Å². The van der Waals surface area contributed by atoms with Crippen molar-refractivity contribution >= 4 is 11.9 Å². The van der Waals surface area contributed by atoms with Gasteiger partial charge in [0.2, 0.25) is 0 Å². The number of rotatable bonds is 7. The highest BCUT2D eigenvalue weighted by Gasteiger charge is 2.27. The number of carboxylic acids is 1. The number of benzene rings is 1. The van der Waals surface area contributed by atoms with Crippen LogP contribution in [0.4, 0.5) is 4.39 Å². The number of aliphatic hydroxyl groups excluding tert-OH is 1. The molecular formula is C15H20FNO4. The second-order valence-corrected chi connectivity index (χ2v) is 4.95. The maximum Gasteiger partial charge on any atom is 0.308 e. The Balaban J connectivity index is 3.01. The van der Waals surface area contributed by atoms with Gasteiger partial charge in [0.25, 0.3) is 5.91 Å². The lowest BCUT2D eigenvalue weighted by molar-refractivity contribution is -0.141. The van der Waals surface area contributed by atoms with E-state index < -0.39 is 29.7 Å². The lowest BCUT2D eigenvalue weighted by atomic mass is 10.1. The van der Waals surface area contributed by atoms with Gasteiger partial charge in [-0.3, -0.25) is 9.59 Å². The summed E-state index contributed by atoms with van der Waals surface area (Å²) in [6.07, 6.45) is 0.496. The summed E-state index contributed by atoms with van der Waals surface area (Å²) in [5.74, 6) is -2.63. The Morgan fingerprint density at radius 3 is 2.29 bits per heavy atom. The number of hydrogen-bond acceptors (Lipinski definition) is 3. The zero-order chi connectivity index (χ0) is 16.0. The van der Waals surface area contributed by atoms with Gasteiger partial charge in [0.05, 0.1) is 18.6 Å². The van der Waals surface area contributed by atoms with E-state index in [1.165, 1.54) is 36.1 Å². The second-order valence-electron chi connectivity index (χ2n) is 4.95. The molecule has 0 spiro atoms. The SMILES string of the molecule is CCC(CO)N(CC(C)C(=O)O)C(=O)c1ccc(F)cc1. The third-order valence-electron chi connectivity index (χ3n) is 3.37. The molecule has 2 atom stereocenters. The van der Waals surface area contributed by atoms with Gasteiger partial charge < -0.3 is 15.1 Å². The molecule has 5 nitrogen and oxygen atoms in total. The first kappa shape index (κ1) is 17.1. The van der Waals surface area contributed by atoms with Crippen LogP contribution in [0.3, 0.4) is 0 Å². The van der Waals surface area contributed by atoms with Crippen molar-refractivity contribution in [2.75, 3.05) is 13.2 Å². The molecule has 1 rings (SSSR count). The van der Waals surface area contributed by atoms with Crippen LogP contribution in [0.15, 0.2) is 24.3 Å². The molecule has 1 aromatic rings. The topological polar surface area (TPSA) is 77.8 Å². The third kappa shape index (κ3) is 4.53. The molecule has 0 fully saturated rings. The number of hydrogen-bond donors (Lipinski definition) is 2. The zero-order valence-corrected chi connectivity index (χ0v) is 12.1. The Bertz CT molecular complexity index is 485. The van der Waals surface area contributed by atoms with Crippen molar-refractivity contribution in [2.24, 2.45) is 5.92 Å². The molecule has 1 aromatic carbocycles. The Morgan fingerprint density at radius 1 is 1.29 bits per heavy atom. The Kier molecular flexibility index (Phi) is 6.30. The Morgan fingerprint density at radius 2 is 1.86 bits per heavy atom. The van der Waals surface area contributed by atoms with Gasteiger partial charge in [-0.25, -0.2) is 4.39 Å². The minimum atomic E-state index is -1.01. The summed E-state index contributed by atoms with van der Waals surface area (Å²) in [4.78, 5) is 24.8. The summed E-state index contributed by atoms with van der Waals surface area (Å²) in [5, 5.41) is 18.4. The minimum Gasteiger partial charge on any atom is -0.481 e. The molecule has 0 saturated carbocycles. The maximum absolute atomic E-state index is 12.9. The van der Waals surface area contributed by atoms with Crippen molar-refractivity contribution in [3.8, 4) is 0 Å². The quantitative estimate of drug-likeness (QED) is 0.804. The van der Waals surface area contributed by atoms with Crippen LogP contribution in [0.2, 0.25) is 0 Å². The molecule has 0 aliphatic heterocycles. The molecule has 0 bridgehead atoms. The molecular weight excluding hydrogens is 277 g/mol. The van der Waals surface area contributed by atoms with Crippen LogP contribution in [-0.2, 0) is 4.79 Å². The monoisotopic (exact) mass is 297 g/mol. The van der Waals surface area contributed by atoms with Crippen LogP contribution < -0.4 is 0 Å². The smallest absolute Gasteiger partial charge is 0.308 e. The number of carbonyl (C=O) groups is 2. The molecule has 6 heteroatoms. The van der Waals surface area contributed by atoms with Crippen molar-refractivity contribution in [1.82, 2.24) is 4.90 Å². The number of aliphatic hydroxyl groups is 1. The highest BCUT2D eigenvalue weighted by atomic mass is 19.1. The summed E-state index contributed by atoms with van der Waals surface area (Å²) < 4.78 is 12.9. The minimum absolute atomic E-state index is 0.00932. The Hall–Kier alpha value is -1.95. The number of carbonyl (C=O) groups excluding carboxylic acids is 1. The van der Waals surface area contributed by atoms with Crippen molar-refractivity contribution in [3.63, 3.8) is 0 Å². The van der Waals surface area contributed by atoms with E-state index in [4.69, 9.17) is 5.11 Å². The number of nitrogens with zero attached hydrogens (tertiary/aromatic N) is 1. The van der Waals surface area contributed by atoms with E-state index in [2.05, 4.69) is 0 Å². The van der Waals surface area contributed by atoms with Crippen LogP contribution in [0.1, 0.15) is 30.6 Å². The summed E-state index contributed by atoms with van der Waals surface area (Å²) >= 11 is 0. The van der Waals surface area contributed by atoms with E-state index in [9.17, 15) is 19.1 Å². The fourth-order valence-electron chi connectivity index (χ4n) is 1.98. The normalized spacial score (nSPS) is 13.5. The molecule has 0 aliphatic carbocycles. The first-order valence-electron chi connectivity index (χ1n) is 6.80. The van der Waals surface area contributed by atoms with Crippen LogP contribution in [0.5, 0.6) is 0 Å². The summed E-state index contributed by atoms with van der Waals surface area (Å²) in [5.41, 5.74) is 0.265. The first-order valence-corrected chi connectivity index (χ1v) is 6.80. The van der Waals surface area contributed by atoms with Crippen LogP contribution in [-0.4, -0.2) is 46.2 Å². The van der Waals surface area contributed by atoms with Crippen LogP contribution in [0, 0.1) is 11.7 Å². The lowest BCUT2D eigenvalue weighted by Gasteiger charge is -2.31. The Labute approximate surface area is 123 Å². The molecule has 1 amide bonds. The molecule has 0 radical (unpaired) electrons. The maximum atomic E-state index is 12.9. The molecule has 2 unspecified atom stereocenters. The average Bonchev–Trinajstić information content (AvgIpc) is 2.47. The molecule has 0 aromatic heterocycles. The summed E-state index contributed by atoms with van der Waals surface area (Å²) in [6.45, 7) is 3.04. The van der Waals surface area contributed by atoms with E-state index >= 15 is 0 Å². The highest BCUT2D eigenvalue weighted by molar-refractivity contribution is 5.94. The van der Waals surface area contributed by atoms with Gasteiger partial charge in [-0.1, -0.05) is 13.8 Å². The predicted octanol–water partition coefficient (Wildman–Crippen LogP) is 1.76. The van der Waals surface area contributed by atoms with Gasteiger partial charge >= 0.3 is 5.97 Å². The van der Waals surface area contributed by atoms with Crippen LogP contribution >= 0.6 is 0 Å². The van der Waals surface area contributed by atoms with Gasteiger partial charge in [-0.05, 0) is 30.7 Å². The molecule has 0 aliphatic rings. The molecule has 2 N–H and O–H groups in total. The largest absolute Gasteiger partial charge is 0.481 e. The van der Waals surface area contributed by atoms with Gasteiger partial charge in [0.1, 0.15) is 5.82 Å². The highest BCUT2D eigenvalue weighted by Crippen LogP contribution is 2.14. The summed E-state index contributed by atoms with van der Waals surface area (Å²) in [7, 11) is 0. The zero-order valence-electron chi connectivity index (χ0n) is 12.1. The van der Waals surface area contributed by atoms with Gasteiger partial charge in [-0.2, -0.15) is 0 Å². The van der Waals surface area contributed by atoms with Gasteiger partial charge in [0, 0.05) is 12.1 Å². The van der Waals surface area contributed by atoms with Gasteiger partial charge in [0.15, 0.2) is 0 Å². The average molecular weight is 297 g/mol. The lowest BCUT2D eigenvalue weighted by Crippen LogP contribution is -2.45. The predicted molar refractivity (Wildman–Crippen MR) is 75.4 cm³/mol. The summed E-state index contributed by atoms with van der Waals surface area (Å²) in [6, 6.07) is 4.57. The fourth-order valence-corrected chi connectivity index (χ4v) is 1.98. The third-order valence-corrected chi connectivity index (χ3v) is 3.37. The molecule has 116 valence electrons. The van der Waals surface area contributed by atoms with Crippen molar-refractivity contribution in [3.05, 3.63) is 35.6 Å². The molecule has 21 heavy (non-hydrogen) atoms. The number of halogens is 1. The first-order chi connectivity index (χ1) is 9.90. The second kappa shape index (κ2) is 7.73. The van der Waals surface area contributed by atoms with E-state index in [0.29, 0.717) is 6.42 Å². The van der Waals surface area contributed by atoms with E-state index in [1.54, 1.807) is 6.92 Å².